The highest BCUT2D eigenvalue weighted by molar-refractivity contribution is 6.30. The SMILES string of the molecule is CC1Cc2c(-c3nn[nH]n3)cccc2N1C(=O)Cn1cc(Cl)cn1. The fourth-order valence-electron chi connectivity index (χ4n) is 3.14. The Morgan fingerprint density at radius 1 is 1.46 bits per heavy atom. The largest absolute Gasteiger partial charge is 0.307 e. The number of carbonyl (C=O) groups excluding carboxylic acids is 1. The van der Waals surface area contributed by atoms with Crippen LogP contribution in [0.1, 0.15) is 12.5 Å². The average molecular weight is 344 g/mol. The first-order chi connectivity index (χ1) is 11.6. The van der Waals surface area contributed by atoms with Crippen molar-refractivity contribution in [1.29, 1.82) is 0 Å². The molecule has 0 radical (unpaired) electrons. The number of aromatic nitrogens is 6. The molecule has 1 unspecified atom stereocenters. The number of amides is 1. The van der Waals surface area contributed by atoms with Crippen molar-refractivity contribution in [3.8, 4) is 11.4 Å². The van der Waals surface area contributed by atoms with Crippen LogP contribution in [0.2, 0.25) is 5.02 Å². The quantitative estimate of drug-likeness (QED) is 0.781. The molecule has 24 heavy (non-hydrogen) atoms. The van der Waals surface area contributed by atoms with Gasteiger partial charge in [-0.1, -0.05) is 23.7 Å². The summed E-state index contributed by atoms with van der Waals surface area (Å²) < 4.78 is 1.54. The molecule has 1 amide bonds. The van der Waals surface area contributed by atoms with Gasteiger partial charge in [0.2, 0.25) is 11.7 Å². The van der Waals surface area contributed by atoms with E-state index < -0.39 is 0 Å². The third-order valence-electron chi connectivity index (χ3n) is 4.11. The van der Waals surface area contributed by atoms with Crippen LogP contribution >= 0.6 is 11.6 Å². The van der Waals surface area contributed by atoms with Crippen molar-refractivity contribution in [2.75, 3.05) is 4.90 Å². The summed E-state index contributed by atoms with van der Waals surface area (Å²) >= 11 is 5.86. The fraction of sp³-hybridized carbons (Fsp3) is 0.267. The molecule has 1 aromatic carbocycles. The van der Waals surface area contributed by atoms with E-state index in [4.69, 9.17) is 11.6 Å². The van der Waals surface area contributed by atoms with Crippen LogP contribution in [0.5, 0.6) is 0 Å². The molecular formula is C15H14ClN7O. The molecule has 8 nitrogen and oxygen atoms in total. The predicted molar refractivity (Wildman–Crippen MR) is 87.5 cm³/mol. The van der Waals surface area contributed by atoms with Crippen LogP contribution < -0.4 is 4.90 Å². The van der Waals surface area contributed by atoms with E-state index in [-0.39, 0.29) is 18.5 Å². The zero-order valence-electron chi connectivity index (χ0n) is 12.8. The molecule has 0 aliphatic carbocycles. The van der Waals surface area contributed by atoms with Crippen LogP contribution in [-0.4, -0.2) is 42.4 Å². The standard InChI is InChI=1S/C15H14ClN7O/c1-9-5-12-11(15-18-20-21-19-15)3-2-4-13(12)23(9)14(24)8-22-7-10(16)6-17-22/h2-4,6-7,9H,5,8H2,1H3,(H,18,19,20,21). The van der Waals surface area contributed by atoms with Crippen LogP contribution in [0, 0.1) is 0 Å². The predicted octanol–water partition coefficient (Wildman–Crippen LogP) is 1.69. The van der Waals surface area contributed by atoms with Gasteiger partial charge in [-0.2, -0.15) is 10.3 Å². The summed E-state index contributed by atoms with van der Waals surface area (Å²) in [5.41, 5.74) is 2.83. The zero-order chi connectivity index (χ0) is 16.7. The van der Waals surface area contributed by atoms with E-state index in [9.17, 15) is 4.79 Å². The number of tetrazole rings is 1. The lowest BCUT2D eigenvalue weighted by Crippen LogP contribution is -2.38. The number of nitrogens with one attached hydrogen (secondary N) is 1. The van der Waals surface area contributed by atoms with E-state index in [1.807, 2.05) is 25.1 Å². The van der Waals surface area contributed by atoms with Crippen molar-refractivity contribution in [2.24, 2.45) is 0 Å². The Labute approximate surface area is 142 Å². The number of hydrogen-bond donors (Lipinski definition) is 1. The lowest BCUT2D eigenvalue weighted by atomic mass is 10.0. The third kappa shape index (κ3) is 2.44. The van der Waals surface area contributed by atoms with Gasteiger partial charge in [0.05, 0.1) is 11.2 Å². The molecule has 0 saturated carbocycles. The Hall–Kier alpha value is -2.74. The van der Waals surface area contributed by atoms with Crippen molar-refractivity contribution in [3.63, 3.8) is 0 Å². The lowest BCUT2D eigenvalue weighted by molar-refractivity contribution is -0.119. The van der Waals surface area contributed by atoms with E-state index in [2.05, 4.69) is 25.7 Å². The summed E-state index contributed by atoms with van der Waals surface area (Å²) in [5.74, 6) is 0.499. The molecular weight excluding hydrogens is 330 g/mol. The number of nitrogens with zero attached hydrogens (tertiary/aromatic N) is 6. The summed E-state index contributed by atoms with van der Waals surface area (Å²) in [7, 11) is 0. The van der Waals surface area contributed by atoms with Gasteiger partial charge in [0.1, 0.15) is 6.54 Å². The molecule has 0 fully saturated rings. The number of anilines is 1. The van der Waals surface area contributed by atoms with Crippen LogP contribution in [0.25, 0.3) is 11.4 Å². The highest BCUT2D eigenvalue weighted by atomic mass is 35.5. The summed E-state index contributed by atoms with van der Waals surface area (Å²) in [6.45, 7) is 2.16. The minimum Gasteiger partial charge on any atom is -0.307 e. The van der Waals surface area contributed by atoms with E-state index in [0.717, 1.165) is 23.2 Å². The number of fused-ring (bicyclic) bond motifs is 1. The van der Waals surface area contributed by atoms with Crippen LogP contribution in [-0.2, 0) is 17.8 Å². The number of H-pyrrole nitrogens is 1. The zero-order valence-corrected chi connectivity index (χ0v) is 13.6. The number of hydrogen-bond acceptors (Lipinski definition) is 5. The molecule has 3 aromatic rings. The van der Waals surface area contributed by atoms with Gasteiger partial charge >= 0.3 is 0 Å². The van der Waals surface area contributed by atoms with Crippen molar-refractivity contribution < 1.29 is 4.79 Å². The second-order valence-electron chi connectivity index (χ2n) is 5.71. The molecule has 3 heterocycles. The summed E-state index contributed by atoms with van der Waals surface area (Å²) in [4.78, 5) is 14.6. The Bertz CT molecular complexity index is 889. The Morgan fingerprint density at radius 3 is 3.04 bits per heavy atom. The number of benzene rings is 1. The smallest absolute Gasteiger partial charge is 0.248 e. The molecule has 1 N–H and O–H groups in total. The molecule has 122 valence electrons. The Balaban J connectivity index is 1.68. The van der Waals surface area contributed by atoms with Gasteiger partial charge < -0.3 is 4.90 Å². The highest BCUT2D eigenvalue weighted by Crippen LogP contribution is 2.37. The van der Waals surface area contributed by atoms with Crippen LogP contribution in [0.15, 0.2) is 30.6 Å². The molecule has 2 aromatic heterocycles. The van der Waals surface area contributed by atoms with Crippen molar-refractivity contribution in [1.82, 2.24) is 30.4 Å². The minimum absolute atomic E-state index is 0.0359. The molecule has 1 aliphatic rings. The molecule has 1 atom stereocenters. The molecule has 0 saturated heterocycles. The fourth-order valence-corrected chi connectivity index (χ4v) is 3.30. The summed E-state index contributed by atoms with van der Waals surface area (Å²) in [6.07, 6.45) is 3.90. The van der Waals surface area contributed by atoms with Gasteiger partial charge in [0, 0.05) is 23.5 Å². The van der Waals surface area contributed by atoms with Crippen LogP contribution in [0.4, 0.5) is 5.69 Å². The molecule has 9 heteroatoms. The Morgan fingerprint density at radius 2 is 2.33 bits per heavy atom. The normalized spacial score (nSPS) is 16.4. The van der Waals surface area contributed by atoms with Gasteiger partial charge in [-0.05, 0) is 30.2 Å². The number of carbonyl (C=O) groups is 1. The molecule has 0 spiro atoms. The molecule has 1 aliphatic heterocycles. The van der Waals surface area contributed by atoms with Gasteiger partial charge in [-0.3, -0.25) is 9.48 Å². The number of aromatic amines is 1. The van der Waals surface area contributed by atoms with E-state index in [1.165, 1.54) is 6.20 Å². The summed E-state index contributed by atoms with van der Waals surface area (Å²) in [6, 6.07) is 5.83. The second kappa shape index (κ2) is 5.72. The maximum Gasteiger partial charge on any atom is 0.248 e. The average Bonchev–Trinajstić information content (AvgIpc) is 3.26. The lowest BCUT2D eigenvalue weighted by Gasteiger charge is -2.22. The van der Waals surface area contributed by atoms with E-state index in [1.54, 1.807) is 15.8 Å². The van der Waals surface area contributed by atoms with Gasteiger partial charge in [-0.25, -0.2) is 0 Å². The van der Waals surface area contributed by atoms with Gasteiger partial charge in [0.15, 0.2) is 0 Å². The maximum absolute atomic E-state index is 12.8. The number of rotatable bonds is 3. The van der Waals surface area contributed by atoms with Crippen molar-refractivity contribution in [2.45, 2.75) is 25.9 Å². The highest BCUT2D eigenvalue weighted by Gasteiger charge is 2.33. The third-order valence-corrected chi connectivity index (χ3v) is 4.30. The first kappa shape index (κ1) is 14.8. The first-order valence-corrected chi connectivity index (χ1v) is 7.87. The maximum atomic E-state index is 12.8. The van der Waals surface area contributed by atoms with Crippen LogP contribution in [0.3, 0.4) is 0 Å². The summed E-state index contributed by atoms with van der Waals surface area (Å²) in [5, 5.41) is 18.8. The Kier molecular flexibility index (Phi) is 3.53. The molecule has 0 bridgehead atoms. The molecule has 4 rings (SSSR count). The topological polar surface area (TPSA) is 92.6 Å². The minimum atomic E-state index is -0.0359. The van der Waals surface area contributed by atoms with Gasteiger partial charge in [-0.15, -0.1) is 10.2 Å². The van der Waals surface area contributed by atoms with Crippen molar-refractivity contribution in [3.05, 3.63) is 41.2 Å². The second-order valence-corrected chi connectivity index (χ2v) is 6.15. The van der Waals surface area contributed by atoms with E-state index >= 15 is 0 Å². The van der Waals surface area contributed by atoms with Gasteiger partial charge in [0.25, 0.3) is 0 Å². The number of halogens is 1. The monoisotopic (exact) mass is 343 g/mol. The first-order valence-electron chi connectivity index (χ1n) is 7.49. The van der Waals surface area contributed by atoms with E-state index in [0.29, 0.717) is 10.8 Å². The van der Waals surface area contributed by atoms with Crippen molar-refractivity contribution >= 4 is 23.2 Å².